The molecule has 0 atom stereocenters. The van der Waals surface area contributed by atoms with Crippen LogP contribution in [0.3, 0.4) is 0 Å². The first kappa shape index (κ1) is 11.1. The second-order valence-corrected chi connectivity index (χ2v) is 4.78. The summed E-state index contributed by atoms with van der Waals surface area (Å²) in [5.74, 6) is 0.915. The highest BCUT2D eigenvalue weighted by molar-refractivity contribution is 5.31. The minimum absolute atomic E-state index is 0.212. The maximum absolute atomic E-state index is 5.50. The Hall–Kier alpha value is -0.980. The molecule has 1 radical (unpaired) electrons. The normalized spacial score (nSPS) is 11.9. The number of benzene rings is 1. The van der Waals surface area contributed by atoms with Crippen LogP contribution in [0, 0.1) is 6.10 Å². The summed E-state index contributed by atoms with van der Waals surface area (Å²) in [5.41, 5.74) is 1.54. The quantitative estimate of drug-likeness (QED) is 0.688. The van der Waals surface area contributed by atoms with E-state index >= 15 is 0 Å². The molecular formula is C13H19O. The second kappa shape index (κ2) is 4.04. The highest BCUT2D eigenvalue weighted by Gasteiger charge is 2.12. The third-order valence-electron chi connectivity index (χ3n) is 2.04. The summed E-state index contributed by atoms with van der Waals surface area (Å²) >= 11 is 0. The van der Waals surface area contributed by atoms with Crippen molar-refractivity contribution >= 4 is 0 Å². The Morgan fingerprint density at radius 2 is 1.50 bits per heavy atom. The van der Waals surface area contributed by atoms with Crippen molar-refractivity contribution in [1.82, 2.24) is 0 Å². The molecule has 0 aromatic heterocycles. The zero-order valence-corrected chi connectivity index (χ0v) is 9.72. The lowest BCUT2D eigenvalue weighted by molar-refractivity contribution is 0.345. The monoisotopic (exact) mass is 191 g/mol. The van der Waals surface area contributed by atoms with Crippen LogP contribution in [0.5, 0.6) is 5.75 Å². The van der Waals surface area contributed by atoms with Crippen molar-refractivity contribution in [3.05, 3.63) is 35.9 Å². The summed E-state index contributed by atoms with van der Waals surface area (Å²) in [4.78, 5) is 0. The van der Waals surface area contributed by atoms with Gasteiger partial charge in [-0.25, -0.2) is 0 Å². The van der Waals surface area contributed by atoms with Gasteiger partial charge in [0.15, 0.2) is 0 Å². The van der Waals surface area contributed by atoms with Crippen LogP contribution in [0.2, 0.25) is 0 Å². The van der Waals surface area contributed by atoms with E-state index in [2.05, 4.69) is 32.9 Å². The molecule has 77 valence electrons. The molecule has 1 heteroatoms. The molecule has 14 heavy (non-hydrogen) atoms. The summed E-state index contributed by atoms with van der Waals surface area (Å²) in [7, 11) is 0. The minimum atomic E-state index is 0.212. The number of ether oxygens (including phenoxy) is 1. The molecule has 0 fully saturated rings. The third-order valence-corrected chi connectivity index (χ3v) is 2.04. The third kappa shape index (κ3) is 3.06. The largest absolute Gasteiger partial charge is 0.484 e. The van der Waals surface area contributed by atoms with Crippen molar-refractivity contribution in [1.29, 1.82) is 0 Å². The Morgan fingerprint density at radius 1 is 1.00 bits per heavy atom. The first-order valence-corrected chi connectivity index (χ1v) is 4.98. The summed E-state index contributed by atoms with van der Waals surface area (Å²) in [6.07, 6.45) is 0.966. The molecule has 0 bridgehead atoms. The molecule has 0 spiro atoms. The first-order valence-electron chi connectivity index (χ1n) is 4.98. The summed E-state index contributed by atoms with van der Waals surface area (Å²) in [6, 6.07) is 8.29. The number of hydrogen-bond donors (Lipinski definition) is 0. The maximum Gasteiger partial charge on any atom is 0.142 e. The van der Waals surface area contributed by atoms with E-state index in [1.54, 1.807) is 0 Å². The van der Waals surface area contributed by atoms with Gasteiger partial charge in [-0.2, -0.15) is 0 Å². The van der Waals surface area contributed by atoms with Crippen LogP contribution in [0.15, 0.2) is 24.3 Å². The molecule has 0 unspecified atom stereocenters. The molecular weight excluding hydrogens is 172 g/mol. The van der Waals surface area contributed by atoms with Gasteiger partial charge in [0.1, 0.15) is 11.9 Å². The number of hydrogen-bond acceptors (Lipinski definition) is 1. The molecule has 1 rings (SSSR count). The average Bonchev–Trinajstić information content (AvgIpc) is 2.02. The van der Waals surface area contributed by atoms with Crippen LogP contribution in [0.25, 0.3) is 0 Å². The summed E-state index contributed by atoms with van der Waals surface area (Å²) < 4.78 is 5.50. The lowest BCUT2D eigenvalue weighted by Crippen LogP contribution is -2.10. The van der Waals surface area contributed by atoms with Gasteiger partial charge in [0.25, 0.3) is 0 Å². The molecule has 0 N–H and O–H groups in total. The van der Waals surface area contributed by atoms with E-state index in [1.807, 2.05) is 26.0 Å². The van der Waals surface area contributed by atoms with Crippen LogP contribution in [0.4, 0.5) is 0 Å². The molecule has 0 heterocycles. The topological polar surface area (TPSA) is 9.23 Å². The van der Waals surface area contributed by atoms with Crippen LogP contribution in [-0.4, -0.2) is 0 Å². The Kier molecular flexibility index (Phi) is 3.20. The van der Waals surface area contributed by atoms with E-state index in [1.165, 1.54) is 5.56 Å². The van der Waals surface area contributed by atoms with E-state index in [9.17, 15) is 0 Å². The lowest BCUT2D eigenvalue weighted by Gasteiger charge is -2.19. The average molecular weight is 191 g/mol. The van der Waals surface area contributed by atoms with Crippen molar-refractivity contribution in [3.63, 3.8) is 0 Å². The predicted molar refractivity (Wildman–Crippen MR) is 60.4 cm³/mol. The highest BCUT2D eigenvalue weighted by Crippen LogP contribution is 2.24. The van der Waals surface area contributed by atoms with Crippen LogP contribution in [0.1, 0.15) is 40.2 Å². The fraction of sp³-hybridized carbons (Fsp3) is 0.462. The molecule has 0 aliphatic rings. The molecule has 0 saturated heterocycles. The predicted octanol–water partition coefficient (Wildman–Crippen LogP) is 3.93. The molecule has 0 aliphatic carbocycles. The van der Waals surface area contributed by atoms with Gasteiger partial charge in [0.05, 0.1) is 0 Å². The highest BCUT2D eigenvalue weighted by atomic mass is 16.5. The van der Waals surface area contributed by atoms with E-state index in [0.29, 0.717) is 0 Å². The SMILES string of the molecule is C[C](C)Oc1ccc(C(C)(C)C)cc1. The lowest BCUT2D eigenvalue weighted by atomic mass is 9.87. The second-order valence-electron chi connectivity index (χ2n) is 4.78. The van der Waals surface area contributed by atoms with E-state index < -0.39 is 0 Å². The molecule has 1 aromatic carbocycles. The zero-order chi connectivity index (χ0) is 10.8. The molecule has 0 saturated carbocycles. The van der Waals surface area contributed by atoms with Crippen LogP contribution in [-0.2, 0) is 5.41 Å². The summed E-state index contributed by atoms with van der Waals surface area (Å²) in [5, 5.41) is 0. The van der Waals surface area contributed by atoms with E-state index in [-0.39, 0.29) is 5.41 Å². The van der Waals surface area contributed by atoms with Gasteiger partial charge in [-0.1, -0.05) is 32.9 Å². The van der Waals surface area contributed by atoms with Crippen molar-refractivity contribution in [2.75, 3.05) is 0 Å². The maximum atomic E-state index is 5.50. The van der Waals surface area contributed by atoms with E-state index in [0.717, 1.165) is 11.9 Å². The van der Waals surface area contributed by atoms with Gasteiger partial charge in [-0.05, 0) is 37.0 Å². The van der Waals surface area contributed by atoms with Gasteiger partial charge in [-0.15, -0.1) is 0 Å². The van der Waals surface area contributed by atoms with Gasteiger partial charge < -0.3 is 4.74 Å². The first-order chi connectivity index (χ1) is 6.39. The van der Waals surface area contributed by atoms with Crippen molar-refractivity contribution < 1.29 is 4.74 Å². The van der Waals surface area contributed by atoms with Gasteiger partial charge in [0.2, 0.25) is 0 Å². The molecule has 0 amide bonds. The van der Waals surface area contributed by atoms with Gasteiger partial charge >= 0.3 is 0 Å². The Morgan fingerprint density at radius 3 is 1.86 bits per heavy atom. The van der Waals surface area contributed by atoms with Crippen LogP contribution >= 0.6 is 0 Å². The zero-order valence-electron chi connectivity index (χ0n) is 9.72. The molecule has 1 aromatic rings. The van der Waals surface area contributed by atoms with Gasteiger partial charge in [0, 0.05) is 0 Å². The fourth-order valence-electron chi connectivity index (χ4n) is 1.26. The molecule has 0 aliphatic heterocycles. The summed E-state index contributed by atoms with van der Waals surface area (Å²) in [6.45, 7) is 10.5. The van der Waals surface area contributed by atoms with Crippen molar-refractivity contribution in [2.45, 2.75) is 40.0 Å². The van der Waals surface area contributed by atoms with Crippen LogP contribution < -0.4 is 4.74 Å². The van der Waals surface area contributed by atoms with Crippen molar-refractivity contribution in [2.24, 2.45) is 0 Å². The van der Waals surface area contributed by atoms with Gasteiger partial charge in [-0.3, -0.25) is 0 Å². The minimum Gasteiger partial charge on any atom is -0.484 e. The van der Waals surface area contributed by atoms with E-state index in [4.69, 9.17) is 4.74 Å². The Labute approximate surface area is 87.1 Å². The van der Waals surface area contributed by atoms with Crippen molar-refractivity contribution in [3.8, 4) is 5.75 Å². The fourth-order valence-corrected chi connectivity index (χ4v) is 1.26. The Balaban J connectivity index is 2.79. The molecule has 1 nitrogen and oxygen atoms in total. The Bertz CT molecular complexity index is 277. The smallest absolute Gasteiger partial charge is 0.142 e. The standard InChI is InChI=1S/C13H19O/c1-10(2)14-12-8-6-11(7-9-12)13(3,4)5/h6-9H,1-5H3. The number of rotatable bonds is 2.